The molecule has 1 aromatic rings. The molecule has 0 atom stereocenters. The number of aryl methyl sites for hydroxylation is 1. The molecule has 0 bridgehead atoms. The highest BCUT2D eigenvalue weighted by molar-refractivity contribution is 5.40. The molecule has 0 fully saturated rings. The molecule has 0 radical (unpaired) electrons. The number of hydrogen-bond acceptors (Lipinski definition) is 2. The van der Waals surface area contributed by atoms with Crippen molar-refractivity contribution in [2.75, 3.05) is 7.11 Å². The zero-order chi connectivity index (χ0) is 11.5. The largest absolute Gasteiger partial charge is 0.496 e. The third-order valence-electron chi connectivity index (χ3n) is 3.03. The van der Waals surface area contributed by atoms with Gasteiger partial charge < -0.3 is 9.84 Å². The van der Waals surface area contributed by atoms with E-state index in [0.717, 1.165) is 16.9 Å². The minimum absolute atomic E-state index is 0.698. The predicted molar refractivity (Wildman–Crippen MR) is 62.2 cm³/mol. The molecule has 0 amide bonds. The summed E-state index contributed by atoms with van der Waals surface area (Å²) in [5, 5.41) is 10.5. The van der Waals surface area contributed by atoms with Crippen LogP contribution >= 0.6 is 0 Å². The molecule has 15 heavy (non-hydrogen) atoms. The molecule has 0 spiro atoms. The van der Waals surface area contributed by atoms with Gasteiger partial charge in [-0.15, -0.1) is 0 Å². The van der Waals surface area contributed by atoms with Crippen LogP contribution in [0.5, 0.6) is 5.75 Å². The van der Waals surface area contributed by atoms with Crippen molar-refractivity contribution in [3.63, 3.8) is 0 Å². The van der Waals surface area contributed by atoms with Crippen LogP contribution in [0.2, 0.25) is 0 Å². The number of rotatable bonds is 4. The number of aliphatic hydroxyl groups is 1. The molecule has 0 aliphatic heterocycles. The van der Waals surface area contributed by atoms with Crippen molar-refractivity contribution in [1.29, 1.82) is 0 Å². The molecule has 0 saturated carbocycles. The Kier molecular flexibility index (Phi) is 3.75. The Labute approximate surface area is 91.9 Å². The van der Waals surface area contributed by atoms with Crippen molar-refractivity contribution in [3.8, 4) is 5.75 Å². The zero-order valence-corrected chi connectivity index (χ0v) is 10.0. The molecule has 2 nitrogen and oxygen atoms in total. The van der Waals surface area contributed by atoms with E-state index >= 15 is 0 Å². The van der Waals surface area contributed by atoms with Gasteiger partial charge in [-0.3, -0.25) is 0 Å². The van der Waals surface area contributed by atoms with Crippen LogP contribution in [0.4, 0.5) is 0 Å². The first-order valence-corrected chi connectivity index (χ1v) is 5.45. The second kappa shape index (κ2) is 4.67. The number of ether oxygens (including phenoxy) is 1. The van der Waals surface area contributed by atoms with Gasteiger partial charge in [0.2, 0.25) is 0 Å². The lowest BCUT2D eigenvalue weighted by atomic mass is 9.87. The lowest BCUT2D eigenvalue weighted by molar-refractivity contribution is 0.0260. The van der Waals surface area contributed by atoms with Crippen LogP contribution in [0.1, 0.15) is 37.8 Å². The van der Waals surface area contributed by atoms with Gasteiger partial charge in [0.1, 0.15) is 5.75 Å². The molecule has 1 aromatic carbocycles. The molecule has 0 heterocycles. The van der Waals surface area contributed by atoms with Crippen molar-refractivity contribution in [1.82, 2.24) is 0 Å². The summed E-state index contributed by atoms with van der Waals surface area (Å²) in [7, 11) is 1.64. The predicted octanol–water partition coefficient (Wildman–Crippen LogP) is 3.01. The molecule has 0 aliphatic carbocycles. The van der Waals surface area contributed by atoms with Gasteiger partial charge >= 0.3 is 0 Å². The highest BCUT2D eigenvalue weighted by Crippen LogP contribution is 2.35. The van der Waals surface area contributed by atoms with Crippen LogP contribution < -0.4 is 4.74 Å². The summed E-state index contributed by atoms with van der Waals surface area (Å²) in [5.41, 5.74) is 1.28. The molecular weight excluding hydrogens is 188 g/mol. The third kappa shape index (κ3) is 2.32. The van der Waals surface area contributed by atoms with Crippen LogP contribution in [0, 0.1) is 6.92 Å². The summed E-state index contributed by atoms with van der Waals surface area (Å²) in [6, 6.07) is 5.92. The fraction of sp³-hybridized carbons (Fsp3) is 0.538. The molecule has 1 rings (SSSR count). The van der Waals surface area contributed by atoms with E-state index in [0.29, 0.717) is 12.8 Å². The van der Waals surface area contributed by atoms with Crippen molar-refractivity contribution in [3.05, 3.63) is 29.3 Å². The Balaban J connectivity index is 3.26. The quantitative estimate of drug-likeness (QED) is 0.824. The first kappa shape index (κ1) is 12.1. The fourth-order valence-electron chi connectivity index (χ4n) is 1.82. The van der Waals surface area contributed by atoms with Gasteiger partial charge in [-0.25, -0.2) is 0 Å². The van der Waals surface area contributed by atoms with E-state index in [1.807, 2.05) is 39.0 Å². The maximum Gasteiger partial charge on any atom is 0.124 e. The minimum atomic E-state index is -0.767. The normalized spacial score (nSPS) is 11.5. The molecule has 0 aliphatic rings. The lowest BCUT2D eigenvalue weighted by Gasteiger charge is -2.27. The first-order chi connectivity index (χ1) is 7.07. The molecular formula is C13H20O2. The highest BCUT2D eigenvalue weighted by atomic mass is 16.5. The Morgan fingerprint density at radius 2 is 1.87 bits per heavy atom. The Hall–Kier alpha value is -1.02. The maximum atomic E-state index is 10.5. The zero-order valence-electron chi connectivity index (χ0n) is 10.0. The Morgan fingerprint density at radius 3 is 2.33 bits per heavy atom. The van der Waals surface area contributed by atoms with Gasteiger partial charge in [-0.1, -0.05) is 25.5 Å². The molecule has 0 unspecified atom stereocenters. The van der Waals surface area contributed by atoms with Gasteiger partial charge in [-0.2, -0.15) is 0 Å². The number of benzene rings is 1. The molecule has 0 saturated heterocycles. The third-order valence-corrected chi connectivity index (χ3v) is 3.03. The summed E-state index contributed by atoms with van der Waals surface area (Å²) in [5.74, 6) is 0.770. The van der Waals surface area contributed by atoms with Crippen molar-refractivity contribution < 1.29 is 9.84 Å². The summed E-state index contributed by atoms with van der Waals surface area (Å²) in [6.45, 7) is 6.01. The average molecular weight is 208 g/mol. The standard InChI is InChI=1S/C13H20O2/c1-5-13(14,6-2)11-9-10(3)7-8-12(11)15-4/h7-9,14H,5-6H2,1-4H3. The van der Waals surface area contributed by atoms with Gasteiger partial charge in [0.15, 0.2) is 0 Å². The van der Waals surface area contributed by atoms with Crippen LogP contribution in [-0.2, 0) is 5.60 Å². The summed E-state index contributed by atoms with van der Waals surface area (Å²) < 4.78 is 5.29. The van der Waals surface area contributed by atoms with E-state index in [2.05, 4.69) is 0 Å². The number of hydrogen-bond donors (Lipinski definition) is 1. The van der Waals surface area contributed by atoms with Crippen molar-refractivity contribution in [2.45, 2.75) is 39.2 Å². The van der Waals surface area contributed by atoms with E-state index < -0.39 is 5.60 Å². The van der Waals surface area contributed by atoms with Crippen molar-refractivity contribution >= 4 is 0 Å². The smallest absolute Gasteiger partial charge is 0.124 e. The van der Waals surface area contributed by atoms with Crippen molar-refractivity contribution in [2.24, 2.45) is 0 Å². The second-order valence-electron chi connectivity index (χ2n) is 3.94. The fourth-order valence-corrected chi connectivity index (χ4v) is 1.82. The van der Waals surface area contributed by atoms with E-state index in [1.165, 1.54) is 0 Å². The molecule has 84 valence electrons. The van der Waals surface area contributed by atoms with Gasteiger partial charge in [-0.05, 0) is 31.9 Å². The number of methoxy groups -OCH3 is 1. The summed E-state index contributed by atoms with van der Waals surface area (Å²) >= 11 is 0. The van der Waals surface area contributed by atoms with Crippen LogP contribution in [-0.4, -0.2) is 12.2 Å². The minimum Gasteiger partial charge on any atom is -0.496 e. The maximum absolute atomic E-state index is 10.5. The van der Waals surface area contributed by atoms with Crippen LogP contribution in [0.3, 0.4) is 0 Å². The molecule has 0 aromatic heterocycles. The average Bonchev–Trinajstić information content (AvgIpc) is 2.28. The monoisotopic (exact) mass is 208 g/mol. The first-order valence-electron chi connectivity index (χ1n) is 5.45. The van der Waals surface area contributed by atoms with Gasteiger partial charge in [0, 0.05) is 5.56 Å². The molecule has 1 N–H and O–H groups in total. The lowest BCUT2D eigenvalue weighted by Crippen LogP contribution is -2.24. The van der Waals surface area contributed by atoms with E-state index in [4.69, 9.17) is 4.74 Å². The topological polar surface area (TPSA) is 29.5 Å². The van der Waals surface area contributed by atoms with Gasteiger partial charge in [0.25, 0.3) is 0 Å². The molecule has 2 heteroatoms. The van der Waals surface area contributed by atoms with Crippen LogP contribution in [0.15, 0.2) is 18.2 Å². The Bertz CT molecular complexity index is 327. The van der Waals surface area contributed by atoms with E-state index in [9.17, 15) is 5.11 Å². The SMILES string of the molecule is CCC(O)(CC)c1cc(C)ccc1OC. The summed E-state index contributed by atoms with van der Waals surface area (Å²) in [4.78, 5) is 0. The van der Waals surface area contributed by atoms with E-state index in [1.54, 1.807) is 7.11 Å². The highest BCUT2D eigenvalue weighted by Gasteiger charge is 2.28. The van der Waals surface area contributed by atoms with Gasteiger partial charge in [0.05, 0.1) is 12.7 Å². The second-order valence-corrected chi connectivity index (χ2v) is 3.94. The Morgan fingerprint density at radius 1 is 1.27 bits per heavy atom. The van der Waals surface area contributed by atoms with E-state index in [-0.39, 0.29) is 0 Å². The summed E-state index contributed by atoms with van der Waals surface area (Å²) in [6.07, 6.45) is 1.40. The van der Waals surface area contributed by atoms with Crippen LogP contribution in [0.25, 0.3) is 0 Å².